The Morgan fingerprint density at radius 2 is 2.24 bits per heavy atom. The molecular formula is C13H23N5O2S. The van der Waals surface area contributed by atoms with Crippen LogP contribution in [0.15, 0.2) is 0 Å². The number of hydrogen-bond donors (Lipinski definition) is 0. The number of aromatic nitrogens is 2. The highest BCUT2D eigenvalue weighted by atomic mass is 32.1. The van der Waals surface area contributed by atoms with E-state index >= 15 is 0 Å². The SMILES string of the molecule is COCc1nsc(N2CCCC(N(C)C(=O)N(C)C)C2)n1. The van der Waals surface area contributed by atoms with Crippen LogP contribution in [-0.2, 0) is 11.3 Å². The third kappa shape index (κ3) is 3.82. The van der Waals surface area contributed by atoms with Crippen molar-refractivity contribution in [2.75, 3.05) is 46.2 Å². The first kappa shape index (κ1) is 16.0. The van der Waals surface area contributed by atoms with E-state index < -0.39 is 0 Å². The third-order valence-electron chi connectivity index (χ3n) is 3.63. The average molecular weight is 313 g/mol. The maximum absolute atomic E-state index is 12.1. The van der Waals surface area contributed by atoms with Crippen LogP contribution in [0, 0.1) is 0 Å². The van der Waals surface area contributed by atoms with E-state index in [1.165, 1.54) is 11.5 Å². The molecule has 1 aliphatic heterocycles. The van der Waals surface area contributed by atoms with Crippen molar-refractivity contribution < 1.29 is 9.53 Å². The summed E-state index contributed by atoms with van der Waals surface area (Å²) in [6.07, 6.45) is 2.07. The van der Waals surface area contributed by atoms with E-state index in [4.69, 9.17) is 4.74 Å². The molecule has 0 aliphatic carbocycles. The molecule has 0 spiro atoms. The van der Waals surface area contributed by atoms with Gasteiger partial charge in [-0.2, -0.15) is 4.37 Å². The van der Waals surface area contributed by atoms with E-state index in [-0.39, 0.29) is 12.1 Å². The molecule has 1 aliphatic rings. The molecule has 1 fully saturated rings. The molecule has 2 amide bonds. The zero-order valence-electron chi connectivity index (χ0n) is 13.1. The number of nitrogens with zero attached hydrogens (tertiary/aromatic N) is 5. The van der Waals surface area contributed by atoms with Crippen LogP contribution in [0.4, 0.5) is 9.93 Å². The highest BCUT2D eigenvalue weighted by Gasteiger charge is 2.28. The van der Waals surface area contributed by atoms with Crippen LogP contribution in [0.1, 0.15) is 18.7 Å². The Morgan fingerprint density at radius 3 is 2.90 bits per heavy atom. The van der Waals surface area contributed by atoms with Gasteiger partial charge in [0.05, 0.1) is 6.04 Å². The number of ether oxygens (including phenoxy) is 1. The average Bonchev–Trinajstić information content (AvgIpc) is 2.95. The molecule has 0 saturated carbocycles. The smallest absolute Gasteiger partial charge is 0.319 e. The molecule has 0 radical (unpaired) electrons. The summed E-state index contributed by atoms with van der Waals surface area (Å²) in [5, 5.41) is 0.914. The number of carbonyl (C=O) groups is 1. The molecule has 0 bridgehead atoms. The molecule has 1 aromatic rings. The number of methoxy groups -OCH3 is 1. The fourth-order valence-corrected chi connectivity index (χ4v) is 3.19. The van der Waals surface area contributed by atoms with Crippen LogP contribution in [-0.4, -0.2) is 72.6 Å². The van der Waals surface area contributed by atoms with Gasteiger partial charge in [-0.25, -0.2) is 9.78 Å². The van der Waals surface area contributed by atoms with Crippen LogP contribution in [0.3, 0.4) is 0 Å². The number of hydrogen-bond acceptors (Lipinski definition) is 6. The molecule has 1 aromatic heterocycles. The van der Waals surface area contributed by atoms with E-state index in [9.17, 15) is 4.79 Å². The topological polar surface area (TPSA) is 61.8 Å². The molecule has 2 heterocycles. The lowest BCUT2D eigenvalue weighted by atomic mass is 10.1. The predicted octanol–water partition coefficient (Wildman–Crippen LogP) is 1.27. The normalized spacial score (nSPS) is 18.7. The number of carbonyl (C=O) groups excluding carboxylic acids is 1. The minimum atomic E-state index is 0.0409. The molecule has 0 N–H and O–H groups in total. The number of rotatable bonds is 4. The molecule has 1 saturated heterocycles. The summed E-state index contributed by atoms with van der Waals surface area (Å²) in [6, 6.07) is 0.252. The standard InChI is InChI=1S/C13H23N5O2S/c1-16(2)13(19)17(3)10-6-5-7-18(8-10)12-14-11(9-20-4)15-21-12/h10H,5-9H2,1-4H3. The van der Waals surface area contributed by atoms with Gasteiger partial charge in [0.25, 0.3) is 0 Å². The molecule has 7 nitrogen and oxygen atoms in total. The second kappa shape index (κ2) is 7.04. The Bertz CT molecular complexity index is 479. The van der Waals surface area contributed by atoms with E-state index in [2.05, 4.69) is 14.3 Å². The number of anilines is 1. The maximum Gasteiger partial charge on any atom is 0.319 e. The first-order chi connectivity index (χ1) is 10.0. The summed E-state index contributed by atoms with van der Waals surface area (Å²) in [7, 11) is 7.06. The molecule has 118 valence electrons. The number of piperidine rings is 1. The fraction of sp³-hybridized carbons (Fsp3) is 0.769. The monoisotopic (exact) mass is 313 g/mol. The van der Waals surface area contributed by atoms with E-state index in [1.54, 1.807) is 26.1 Å². The van der Waals surface area contributed by atoms with Crippen molar-refractivity contribution in [1.29, 1.82) is 0 Å². The zero-order valence-corrected chi connectivity index (χ0v) is 13.9. The number of urea groups is 1. The Morgan fingerprint density at radius 1 is 1.48 bits per heavy atom. The maximum atomic E-state index is 12.1. The largest absolute Gasteiger partial charge is 0.377 e. The number of amides is 2. The summed E-state index contributed by atoms with van der Waals surface area (Å²) >= 11 is 1.40. The van der Waals surface area contributed by atoms with Crippen LogP contribution in [0.2, 0.25) is 0 Å². The van der Waals surface area contributed by atoms with Gasteiger partial charge in [0, 0.05) is 52.9 Å². The molecule has 1 unspecified atom stereocenters. The summed E-state index contributed by atoms with van der Waals surface area (Å²) in [6.45, 7) is 2.20. The van der Waals surface area contributed by atoms with Gasteiger partial charge < -0.3 is 19.4 Å². The van der Waals surface area contributed by atoms with Gasteiger partial charge in [0.1, 0.15) is 6.61 Å². The Labute approximate surface area is 129 Å². The Kier molecular flexibility index (Phi) is 5.35. The first-order valence-corrected chi connectivity index (χ1v) is 7.81. The highest BCUT2D eigenvalue weighted by molar-refractivity contribution is 7.09. The van der Waals surface area contributed by atoms with Crippen LogP contribution < -0.4 is 4.90 Å². The van der Waals surface area contributed by atoms with Crippen molar-refractivity contribution in [1.82, 2.24) is 19.2 Å². The lowest BCUT2D eigenvalue weighted by Crippen LogP contribution is -2.51. The summed E-state index contributed by atoms with van der Waals surface area (Å²) in [4.78, 5) is 22.2. The molecule has 1 atom stereocenters. The second-order valence-electron chi connectivity index (χ2n) is 5.46. The van der Waals surface area contributed by atoms with Crippen molar-refractivity contribution in [3.05, 3.63) is 5.82 Å². The highest BCUT2D eigenvalue weighted by Crippen LogP contribution is 2.24. The van der Waals surface area contributed by atoms with Gasteiger partial charge in [0.2, 0.25) is 5.13 Å². The van der Waals surface area contributed by atoms with Crippen LogP contribution in [0.5, 0.6) is 0 Å². The van der Waals surface area contributed by atoms with Crippen molar-refractivity contribution in [3.63, 3.8) is 0 Å². The van der Waals surface area contributed by atoms with E-state index in [1.807, 2.05) is 11.9 Å². The Hall–Kier alpha value is -1.41. The summed E-state index contributed by atoms with van der Waals surface area (Å²) in [5.41, 5.74) is 0. The van der Waals surface area contributed by atoms with E-state index in [0.29, 0.717) is 6.61 Å². The molecular weight excluding hydrogens is 290 g/mol. The number of likely N-dealkylation sites (N-methyl/N-ethyl adjacent to an activating group) is 1. The van der Waals surface area contributed by atoms with Crippen LogP contribution >= 0.6 is 11.5 Å². The van der Waals surface area contributed by atoms with Gasteiger partial charge in [-0.1, -0.05) is 0 Å². The minimum Gasteiger partial charge on any atom is -0.377 e. The third-order valence-corrected chi connectivity index (χ3v) is 4.44. The first-order valence-electron chi connectivity index (χ1n) is 7.03. The van der Waals surface area contributed by atoms with E-state index in [0.717, 1.165) is 36.9 Å². The van der Waals surface area contributed by atoms with Crippen LogP contribution in [0.25, 0.3) is 0 Å². The van der Waals surface area contributed by atoms with Crippen molar-refractivity contribution in [2.24, 2.45) is 0 Å². The van der Waals surface area contributed by atoms with Crippen molar-refractivity contribution in [3.8, 4) is 0 Å². The molecule has 8 heteroatoms. The predicted molar refractivity (Wildman–Crippen MR) is 82.7 cm³/mol. The lowest BCUT2D eigenvalue weighted by Gasteiger charge is -2.38. The second-order valence-corrected chi connectivity index (χ2v) is 6.19. The van der Waals surface area contributed by atoms with Gasteiger partial charge in [-0.05, 0) is 12.8 Å². The summed E-state index contributed by atoms with van der Waals surface area (Å²) < 4.78 is 9.34. The molecule has 0 aromatic carbocycles. The Balaban J connectivity index is 2.01. The fourth-order valence-electron chi connectivity index (χ4n) is 2.48. The molecule has 2 rings (SSSR count). The lowest BCUT2D eigenvalue weighted by molar-refractivity contribution is 0.157. The zero-order chi connectivity index (χ0) is 15.4. The van der Waals surface area contributed by atoms with Gasteiger partial charge >= 0.3 is 6.03 Å². The van der Waals surface area contributed by atoms with Crippen molar-refractivity contribution in [2.45, 2.75) is 25.5 Å². The molecule has 21 heavy (non-hydrogen) atoms. The minimum absolute atomic E-state index is 0.0409. The van der Waals surface area contributed by atoms with Crippen molar-refractivity contribution >= 4 is 22.7 Å². The van der Waals surface area contributed by atoms with Gasteiger partial charge in [-0.3, -0.25) is 0 Å². The quantitative estimate of drug-likeness (QED) is 0.837. The summed E-state index contributed by atoms with van der Waals surface area (Å²) in [5.74, 6) is 0.720. The van der Waals surface area contributed by atoms with Gasteiger partial charge in [0.15, 0.2) is 5.82 Å². The van der Waals surface area contributed by atoms with Gasteiger partial charge in [-0.15, -0.1) is 0 Å².